The first-order valence-corrected chi connectivity index (χ1v) is 5.14. The van der Waals surface area contributed by atoms with Crippen LogP contribution >= 0.6 is 0 Å². The van der Waals surface area contributed by atoms with Crippen LogP contribution in [0.15, 0.2) is 30.5 Å². The molecular weight excluding hydrogens is 200 g/mol. The molecule has 0 saturated carbocycles. The molecular formula is C13H10N2O. The molecule has 0 saturated heterocycles. The van der Waals surface area contributed by atoms with Crippen molar-refractivity contribution in [2.45, 2.75) is 6.42 Å². The van der Waals surface area contributed by atoms with E-state index in [-0.39, 0.29) is 5.78 Å². The van der Waals surface area contributed by atoms with E-state index in [9.17, 15) is 4.79 Å². The maximum Gasteiger partial charge on any atom is 0.169 e. The Morgan fingerprint density at radius 3 is 3.06 bits per heavy atom. The number of nitrogen functional groups attached to an aromatic ring is 1. The molecule has 0 fully saturated rings. The van der Waals surface area contributed by atoms with Gasteiger partial charge in [-0.15, -0.1) is 0 Å². The van der Waals surface area contributed by atoms with E-state index in [1.807, 2.05) is 30.4 Å². The van der Waals surface area contributed by atoms with Crippen molar-refractivity contribution in [2.75, 3.05) is 5.73 Å². The van der Waals surface area contributed by atoms with Crippen molar-refractivity contribution < 1.29 is 4.79 Å². The lowest BCUT2D eigenvalue weighted by Crippen LogP contribution is -2.07. The second-order valence-electron chi connectivity index (χ2n) is 3.89. The molecule has 0 spiro atoms. The van der Waals surface area contributed by atoms with Gasteiger partial charge in [0.05, 0.1) is 11.3 Å². The topological polar surface area (TPSA) is 56.0 Å². The molecule has 1 aliphatic carbocycles. The van der Waals surface area contributed by atoms with Crippen LogP contribution in [0.3, 0.4) is 0 Å². The van der Waals surface area contributed by atoms with Gasteiger partial charge in [-0.2, -0.15) is 0 Å². The molecule has 1 aliphatic rings. The average Bonchev–Trinajstić information content (AvgIpc) is 2.28. The highest BCUT2D eigenvalue weighted by Gasteiger charge is 2.17. The Morgan fingerprint density at radius 1 is 1.31 bits per heavy atom. The monoisotopic (exact) mass is 210 g/mol. The van der Waals surface area contributed by atoms with E-state index in [4.69, 9.17) is 5.73 Å². The SMILES string of the molecule is Nc1ccc2cnc3c(c2c1)C(=O)CC=C3. The number of carbonyl (C=O) groups excluding carboxylic acids is 1. The maximum atomic E-state index is 11.9. The maximum absolute atomic E-state index is 11.9. The van der Waals surface area contributed by atoms with Gasteiger partial charge in [0, 0.05) is 23.7 Å². The minimum absolute atomic E-state index is 0.112. The van der Waals surface area contributed by atoms with Crippen molar-refractivity contribution in [3.8, 4) is 0 Å². The Kier molecular flexibility index (Phi) is 1.80. The summed E-state index contributed by atoms with van der Waals surface area (Å²) in [6, 6.07) is 5.55. The summed E-state index contributed by atoms with van der Waals surface area (Å²) in [5.74, 6) is 0.112. The zero-order valence-electron chi connectivity index (χ0n) is 8.60. The molecule has 3 nitrogen and oxygen atoms in total. The van der Waals surface area contributed by atoms with Gasteiger partial charge in [0.25, 0.3) is 0 Å². The van der Waals surface area contributed by atoms with Gasteiger partial charge in [-0.1, -0.05) is 12.1 Å². The fourth-order valence-electron chi connectivity index (χ4n) is 2.04. The number of carbonyl (C=O) groups is 1. The molecule has 1 heterocycles. The van der Waals surface area contributed by atoms with Gasteiger partial charge < -0.3 is 5.73 Å². The summed E-state index contributed by atoms with van der Waals surface area (Å²) in [4.78, 5) is 16.2. The van der Waals surface area contributed by atoms with Gasteiger partial charge in [0.1, 0.15) is 0 Å². The molecule has 0 unspecified atom stereocenters. The third-order valence-electron chi connectivity index (χ3n) is 2.80. The summed E-state index contributed by atoms with van der Waals surface area (Å²) in [5.41, 5.74) is 7.87. The van der Waals surface area contributed by atoms with Crippen molar-refractivity contribution in [3.05, 3.63) is 41.7 Å². The zero-order valence-corrected chi connectivity index (χ0v) is 8.60. The second kappa shape index (κ2) is 3.17. The van der Waals surface area contributed by atoms with E-state index in [1.165, 1.54) is 0 Å². The number of fused-ring (bicyclic) bond motifs is 3. The van der Waals surface area contributed by atoms with Gasteiger partial charge >= 0.3 is 0 Å². The van der Waals surface area contributed by atoms with Crippen LogP contribution in [0.25, 0.3) is 16.8 Å². The first kappa shape index (κ1) is 9.09. The van der Waals surface area contributed by atoms with Crippen molar-refractivity contribution in [1.29, 1.82) is 0 Å². The number of benzene rings is 1. The summed E-state index contributed by atoms with van der Waals surface area (Å²) in [5, 5.41) is 1.86. The van der Waals surface area contributed by atoms with E-state index in [2.05, 4.69) is 4.98 Å². The predicted octanol–water partition coefficient (Wildman–Crippen LogP) is 2.42. The van der Waals surface area contributed by atoms with Crippen LogP contribution in [-0.2, 0) is 0 Å². The van der Waals surface area contributed by atoms with Crippen LogP contribution < -0.4 is 5.73 Å². The number of nitrogens with two attached hydrogens (primary N) is 1. The van der Waals surface area contributed by atoms with E-state index in [0.717, 1.165) is 16.5 Å². The lowest BCUT2D eigenvalue weighted by atomic mass is 9.95. The molecule has 0 amide bonds. The molecule has 78 valence electrons. The second-order valence-corrected chi connectivity index (χ2v) is 3.89. The number of ketones is 1. The molecule has 0 radical (unpaired) electrons. The lowest BCUT2D eigenvalue weighted by molar-refractivity contribution is 0.0996. The fourth-order valence-corrected chi connectivity index (χ4v) is 2.04. The summed E-state index contributed by atoms with van der Waals surface area (Å²) in [7, 11) is 0. The summed E-state index contributed by atoms with van der Waals surface area (Å²) < 4.78 is 0. The van der Waals surface area contributed by atoms with E-state index < -0.39 is 0 Å². The number of pyridine rings is 1. The number of nitrogens with zero attached hydrogens (tertiary/aromatic N) is 1. The summed E-state index contributed by atoms with van der Waals surface area (Å²) >= 11 is 0. The summed E-state index contributed by atoms with van der Waals surface area (Å²) in [6.45, 7) is 0. The number of aromatic nitrogens is 1. The Morgan fingerprint density at radius 2 is 2.19 bits per heavy atom. The first-order chi connectivity index (χ1) is 7.75. The van der Waals surface area contributed by atoms with Gasteiger partial charge in [0.2, 0.25) is 0 Å². The first-order valence-electron chi connectivity index (χ1n) is 5.14. The van der Waals surface area contributed by atoms with Crippen molar-refractivity contribution in [2.24, 2.45) is 0 Å². The molecule has 1 aromatic heterocycles. The van der Waals surface area contributed by atoms with Gasteiger partial charge in [-0.25, -0.2) is 0 Å². The third kappa shape index (κ3) is 1.21. The molecule has 3 heteroatoms. The fraction of sp³-hybridized carbons (Fsp3) is 0.0769. The number of hydrogen-bond acceptors (Lipinski definition) is 3. The molecule has 16 heavy (non-hydrogen) atoms. The van der Waals surface area contributed by atoms with E-state index >= 15 is 0 Å². The van der Waals surface area contributed by atoms with Crippen LogP contribution in [0, 0.1) is 0 Å². The predicted molar refractivity (Wildman–Crippen MR) is 64.1 cm³/mol. The smallest absolute Gasteiger partial charge is 0.169 e. The molecule has 2 N–H and O–H groups in total. The standard InChI is InChI=1S/C13H10N2O/c14-9-5-4-8-7-15-11-2-1-3-12(16)13(11)10(8)6-9/h1-2,4-7H,3,14H2. The van der Waals surface area contributed by atoms with Crippen LogP contribution in [0.4, 0.5) is 5.69 Å². The van der Waals surface area contributed by atoms with E-state index in [0.29, 0.717) is 17.7 Å². The van der Waals surface area contributed by atoms with Crippen LogP contribution in [-0.4, -0.2) is 10.8 Å². The molecule has 0 aliphatic heterocycles. The highest BCUT2D eigenvalue weighted by molar-refractivity contribution is 6.12. The van der Waals surface area contributed by atoms with Crippen molar-refractivity contribution in [1.82, 2.24) is 4.98 Å². The number of hydrogen-bond donors (Lipinski definition) is 1. The lowest BCUT2D eigenvalue weighted by Gasteiger charge is -2.11. The Labute approximate surface area is 92.6 Å². The number of Topliss-reactive ketones (excluding diaryl/α,β-unsaturated/α-hetero) is 1. The zero-order chi connectivity index (χ0) is 11.1. The number of anilines is 1. The van der Waals surface area contributed by atoms with Crippen LogP contribution in [0.1, 0.15) is 22.5 Å². The summed E-state index contributed by atoms with van der Waals surface area (Å²) in [6.07, 6.45) is 5.95. The quantitative estimate of drug-likeness (QED) is 0.679. The third-order valence-corrected chi connectivity index (χ3v) is 2.80. The largest absolute Gasteiger partial charge is 0.399 e. The minimum atomic E-state index is 0.112. The normalized spacial score (nSPS) is 14.1. The molecule has 3 rings (SSSR count). The minimum Gasteiger partial charge on any atom is -0.399 e. The molecule has 0 atom stereocenters. The van der Waals surface area contributed by atoms with Crippen LogP contribution in [0.5, 0.6) is 0 Å². The molecule has 2 aromatic rings. The Bertz CT molecular complexity index is 629. The Hall–Kier alpha value is -2.16. The Balaban J connectivity index is 2.46. The highest BCUT2D eigenvalue weighted by atomic mass is 16.1. The number of allylic oxidation sites excluding steroid dienone is 1. The van der Waals surface area contributed by atoms with Crippen molar-refractivity contribution in [3.63, 3.8) is 0 Å². The number of rotatable bonds is 0. The van der Waals surface area contributed by atoms with E-state index in [1.54, 1.807) is 6.20 Å². The van der Waals surface area contributed by atoms with Gasteiger partial charge in [0.15, 0.2) is 5.78 Å². The van der Waals surface area contributed by atoms with Gasteiger partial charge in [-0.3, -0.25) is 9.78 Å². The van der Waals surface area contributed by atoms with Crippen molar-refractivity contribution >= 4 is 28.3 Å². The van der Waals surface area contributed by atoms with Gasteiger partial charge in [-0.05, 0) is 23.6 Å². The average molecular weight is 210 g/mol. The molecule has 1 aromatic carbocycles. The highest BCUT2D eigenvalue weighted by Crippen LogP contribution is 2.27. The van der Waals surface area contributed by atoms with Crippen LogP contribution in [0.2, 0.25) is 0 Å². The molecule has 0 bridgehead atoms.